The van der Waals surface area contributed by atoms with Gasteiger partial charge < -0.3 is 14.9 Å². The molecular formula is C25H20F3N3O3. The quantitative estimate of drug-likeness (QED) is 0.326. The molecule has 34 heavy (non-hydrogen) atoms. The van der Waals surface area contributed by atoms with E-state index in [2.05, 4.69) is 15.5 Å². The number of carboxylic acid groups (broad SMARTS) is 1. The third kappa shape index (κ3) is 5.49. The Morgan fingerprint density at radius 2 is 1.65 bits per heavy atom. The number of carbonyl (C=O) groups is 1. The average Bonchev–Trinajstić information content (AvgIpc) is 3.32. The van der Waals surface area contributed by atoms with Crippen molar-refractivity contribution in [2.24, 2.45) is 0 Å². The number of alkyl halides is 3. The molecule has 0 saturated heterocycles. The molecule has 0 aliphatic heterocycles. The van der Waals surface area contributed by atoms with E-state index < -0.39 is 17.7 Å². The van der Waals surface area contributed by atoms with Crippen LogP contribution in [0, 0.1) is 0 Å². The van der Waals surface area contributed by atoms with E-state index in [-0.39, 0.29) is 29.3 Å². The molecule has 0 amide bonds. The van der Waals surface area contributed by atoms with Gasteiger partial charge in [-0.25, -0.2) is 0 Å². The summed E-state index contributed by atoms with van der Waals surface area (Å²) in [5.74, 6) is -0.631. The van der Waals surface area contributed by atoms with Gasteiger partial charge in [0.1, 0.15) is 0 Å². The highest BCUT2D eigenvalue weighted by molar-refractivity contribution is 5.72. The zero-order chi connectivity index (χ0) is 24.1. The van der Waals surface area contributed by atoms with Gasteiger partial charge in [-0.05, 0) is 28.8 Å². The first-order valence-electron chi connectivity index (χ1n) is 10.4. The van der Waals surface area contributed by atoms with E-state index >= 15 is 0 Å². The fourth-order valence-corrected chi connectivity index (χ4v) is 3.44. The maximum atomic E-state index is 13.8. The highest BCUT2D eigenvalue weighted by atomic mass is 19.4. The second kappa shape index (κ2) is 9.88. The third-order valence-electron chi connectivity index (χ3n) is 5.14. The van der Waals surface area contributed by atoms with Crippen molar-refractivity contribution < 1.29 is 27.6 Å². The van der Waals surface area contributed by atoms with E-state index in [9.17, 15) is 18.0 Å². The summed E-state index contributed by atoms with van der Waals surface area (Å²) in [7, 11) is 0. The summed E-state index contributed by atoms with van der Waals surface area (Å²) >= 11 is 0. The van der Waals surface area contributed by atoms with Gasteiger partial charge >= 0.3 is 12.1 Å². The lowest BCUT2D eigenvalue weighted by atomic mass is 9.97. The summed E-state index contributed by atoms with van der Waals surface area (Å²) in [5.41, 5.74) is 1.50. The number of aromatic nitrogens is 2. The van der Waals surface area contributed by atoms with E-state index in [4.69, 9.17) is 9.63 Å². The third-order valence-corrected chi connectivity index (χ3v) is 5.14. The van der Waals surface area contributed by atoms with Crippen LogP contribution < -0.4 is 5.32 Å². The highest BCUT2D eigenvalue weighted by Gasteiger charge is 2.34. The van der Waals surface area contributed by atoms with E-state index in [0.717, 1.165) is 11.6 Å². The topological polar surface area (TPSA) is 88.2 Å². The molecule has 4 aromatic rings. The van der Waals surface area contributed by atoms with Crippen LogP contribution in [0.5, 0.6) is 0 Å². The molecule has 2 N–H and O–H groups in total. The molecule has 1 heterocycles. The van der Waals surface area contributed by atoms with E-state index in [1.807, 2.05) is 12.1 Å². The Balaban J connectivity index is 1.54. The monoisotopic (exact) mass is 467 g/mol. The first-order valence-corrected chi connectivity index (χ1v) is 10.4. The normalized spacial score (nSPS) is 11.5. The van der Waals surface area contributed by atoms with Gasteiger partial charge in [0.15, 0.2) is 0 Å². The van der Waals surface area contributed by atoms with Crippen LogP contribution in [-0.4, -0.2) is 27.8 Å². The number of benzene rings is 3. The van der Waals surface area contributed by atoms with Gasteiger partial charge in [-0.15, -0.1) is 0 Å². The molecule has 0 unspecified atom stereocenters. The molecule has 0 bridgehead atoms. The van der Waals surface area contributed by atoms with Crippen molar-refractivity contribution in [1.29, 1.82) is 0 Å². The molecule has 0 atom stereocenters. The Morgan fingerprint density at radius 1 is 0.941 bits per heavy atom. The molecule has 6 nitrogen and oxygen atoms in total. The minimum absolute atomic E-state index is 0.0143. The van der Waals surface area contributed by atoms with Crippen LogP contribution in [-0.2, 0) is 17.5 Å². The fourth-order valence-electron chi connectivity index (χ4n) is 3.44. The van der Waals surface area contributed by atoms with E-state index in [0.29, 0.717) is 24.2 Å². The van der Waals surface area contributed by atoms with Crippen LogP contribution in [0.4, 0.5) is 13.2 Å². The van der Waals surface area contributed by atoms with Crippen molar-refractivity contribution >= 4 is 5.97 Å². The van der Waals surface area contributed by atoms with Crippen molar-refractivity contribution in [1.82, 2.24) is 15.5 Å². The van der Waals surface area contributed by atoms with Gasteiger partial charge in [0.2, 0.25) is 5.82 Å². The van der Waals surface area contributed by atoms with Crippen molar-refractivity contribution in [3.8, 4) is 34.0 Å². The van der Waals surface area contributed by atoms with Gasteiger partial charge in [-0.1, -0.05) is 65.8 Å². The molecule has 4 rings (SSSR count). The summed E-state index contributed by atoms with van der Waals surface area (Å²) in [6, 6.07) is 19.5. The molecule has 0 spiro atoms. The van der Waals surface area contributed by atoms with Gasteiger partial charge in [-0.2, -0.15) is 18.2 Å². The van der Waals surface area contributed by atoms with Crippen molar-refractivity contribution in [3.63, 3.8) is 0 Å². The summed E-state index contributed by atoms with van der Waals surface area (Å²) < 4.78 is 46.6. The summed E-state index contributed by atoms with van der Waals surface area (Å²) in [6.07, 6.45) is -4.52. The fraction of sp³-hybridized carbons (Fsp3) is 0.160. The lowest BCUT2D eigenvalue weighted by Gasteiger charge is -2.14. The molecule has 0 aliphatic rings. The van der Waals surface area contributed by atoms with Crippen LogP contribution in [0.2, 0.25) is 0 Å². The predicted molar refractivity (Wildman–Crippen MR) is 120 cm³/mol. The first kappa shape index (κ1) is 23.2. The number of hydrogen-bond acceptors (Lipinski definition) is 5. The predicted octanol–water partition coefficient (Wildman–Crippen LogP) is 5.65. The lowest BCUT2D eigenvalue weighted by molar-refractivity contribution is -0.137. The van der Waals surface area contributed by atoms with E-state index in [1.165, 1.54) is 12.1 Å². The number of halogens is 3. The Morgan fingerprint density at radius 3 is 2.32 bits per heavy atom. The van der Waals surface area contributed by atoms with Crippen LogP contribution in [0.25, 0.3) is 34.0 Å². The SMILES string of the molecule is O=C(O)CCNCc1ccc(-c2noc(-c3ccc(-c4ccccc4)c(C(F)(F)F)c3)n2)cc1. The smallest absolute Gasteiger partial charge is 0.417 e. The Kier molecular flexibility index (Phi) is 6.74. The average molecular weight is 467 g/mol. The molecule has 0 fully saturated rings. The largest absolute Gasteiger partial charge is 0.481 e. The maximum Gasteiger partial charge on any atom is 0.417 e. The van der Waals surface area contributed by atoms with Crippen LogP contribution >= 0.6 is 0 Å². The minimum Gasteiger partial charge on any atom is -0.481 e. The first-order chi connectivity index (χ1) is 16.3. The molecule has 9 heteroatoms. The van der Waals surface area contributed by atoms with Crippen LogP contribution in [0.3, 0.4) is 0 Å². The number of carboxylic acids is 1. The molecule has 1 aromatic heterocycles. The lowest BCUT2D eigenvalue weighted by Crippen LogP contribution is -2.17. The van der Waals surface area contributed by atoms with Gasteiger partial charge in [0, 0.05) is 24.2 Å². The molecular weight excluding hydrogens is 447 g/mol. The Hall–Kier alpha value is -3.98. The zero-order valence-corrected chi connectivity index (χ0v) is 17.8. The molecule has 0 saturated carbocycles. The van der Waals surface area contributed by atoms with Crippen molar-refractivity contribution in [2.75, 3.05) is 6.54 Å². The molecule has 0 radical (unpaired) electrons. The molecule has 3 aromatic carbocycles. The summed E-state index contributed by atoms with van der Waals surface area (Å²) in [4.78, 5) is 14.8. The van der Waals surface area contributed by atoms with Crippen LogP contribution in [0.1, 0.15) is 17.5 Å². The molecule has 174 valence electrons. The van der Waals surface area contributed by atoms with Gasteiger partial charge in [0.25, 0.3) is 5.89 Å². The number of nitrogens with zero attached hydrogens (tertiary/aromatic N) is 2. The van der Waals surface area contributed by atoms with Crippen LogP contribution in [0.15, 0.2) is 77.3 Å². The Bertz CT molecular complexity index is 1270. The summed E-state index contributed by atoms with van der Waals surface area (Å²) in [6.45, 7) is 0.854. The van der Waals surface area contributed by atoms with Crippen molar-refractivity contribution in [2.45, 2.75) is 19.1 Å². The van der Waals surface area contributed by atoms with Gasteiger partial charge in [0.05, 0.1) is 12.0 Å². The number of aliphatic carboxylic acids is 1. The Labute approximate surface area is 193 Å². The standard InChI is InChI=1S/C25H20F3N3O3/c26-25(27,28)21-14-19(10-11-20(21)17-4-2-1-3-5-17)24-30-23(31-34-24)18-8-6-16(7-9-18)15-29-13-12-22(32)33/h1-11,14,29H,12-13,15H2,(H,32,33). The zero-order valence-electron chi connectivity index (χ0n) is 17.8. The highest BCUT2D eigenvalue weighted by Crippen LogP contribution is 2.39. The number of rotatable bonds is 8. The second-order valence-corrected chi connectivity index (χ2v) is 7.56. The number of hydrogen-bond donors (Lipinski definition) is 2. The number of nitrogens with one attached hydrogen (secondary N) is 1. The maximum absolute atomic E-state index is 13.8. The minimum atomic E-state index is -4.56. The molecule has 0 aliphatic carbocycles. The summed E-state index contributed by atoms with van der Waals surface area (Å²) in [5, 5.41) is 15.6. The van der Waals surface area contributed by atoms with Gasteiger partial charge in [-0.3, -0.25) is 4.79 Å². The second-order valence-electron chi connectivity index (χ2n) is 7.56. The van der Waals surface area contributed by atoms with Crippen molar-refractivity contribution in [3.05, 3.63) is 83.9 Å². The van der Waals surface area contributed by atoms with E-state index in [1.54, 1.807) is 42.5 Å².